The third-order valence-electron chi connectivity index (χ3n) is 3.38. The SMILES string of the molecule is C=CCCC1CCc2cc(C)ccc2C1=O. The van der Waals surface area contributed by atoms with Crippen LogP contribution in [-0.2, 0) is 6.42 Å². The maximum atomic E-state index is 12.2. The number of hydrogen-bond acceptors (Lipinski definition) is 1. The number of allylic oxidation sites excluding steroid dienone is 1. The summed E-state index contributed by atoms with van der Waals surface area (Å²) in [4.78, 5) is 12.2. The molecule has 2 rings (SSSR count). The second-order valence-electron chi connectivity index (χ2n) is 4.63. The molecule has 0 heterocycles. The summed E-state index contributed by atoms with van der Waals surface area (Å²) in [6.45, 7) is 5.79. The molecule has 84 valence electrons. The van der Waals surface area contributed by atoms with Gasteiger partial charge in [0, 0.05) is 11.5 Å². The zero-order valence-electron chi connectivity index (χ0n) is 9.83. The molecule has 1 aliphatic rings. The fraction of sp³-hybridized carbons (Fsp3) is 0.400. The van der Waals surface area contributed by atoms with Gasteiger partial charge in [0.2, 0.25) is 0 Å². The first-order valence-electron chi connectivity index (χ1n) is 5.97. The van der Waals surface area contributed by atoms with Gasteiger partial charge >= 0.3 is 0 Å². The van der Waals surface area contributed by atoms with Crippen molar-refractivity contribution in [2.24, 2.45) is 5.92 Å². The van der Waals surface area contributed by atoms with Crippen LogP contribution in [0.2, 0.25) is 0 Å². The van der Waals surface area contributed by atoms with Crippen molar-refractivity contribution >= 4 is 5.78 Å². The largest absolute Gasteiger partial charge is 0.294 e. The van der Waals surface area contributed by atoms with Gasteiger partial charge in [0.15, 0.2) is 5.78 Å². The third kappa shape index (κ3) is 2.08. The minimum absolute atomic E-state index is 0.216. The van der Waals surface area contributed by atoms with Gasteiger partial charge in [-0.05, 0) is 38.2 Å². The number of carbonyl (C=O) groups excluding carboxylic acids is 1. The van der Waals surface area contributed by atoms with Crippen LogP contribution < -0.4 is 0 Å². The Hall–Kier alpha value is -1.37. The lowest BCUT2D eigenvalue weighted by Gasteiger charge is -2.23. The molecule has 0 fully saturated rings. The van der Waals surface area contributed by atoms with Crippen LogP contribution in [0.25, 0.3) is 0 Å². The molecule has 0 aliphatic heterocycles. The first kappa shape index (κ1) is 11.1. The van der Waals surface area contributed by atoms with E-state index < -0.39 is 0 Å². The van der Waals surface area contributed by atoms with Crippen molar-refractivity contribution in [2.75, 3.05) is 0 Å². The van der Waals surface area contributed by atoms with Gasteiger partial charge in [0.1, 0.15) is 0 Å². The predicted molar refractivity (Wildman–Crippen MR) is 66.8 cm³/mol. The Kier molecular flexibility index (Phi) is 3.23. The van der Waals surface area contributed by atoms with E-state index in [1.807, 2.05) is 18.2 Å². The molecule has 16 heavy (non-hydrogen) atoms. The highest BCUT2D eigenvalue weighted by Gasteiger charge is 2.26. The van der Waals surface area contributed by atoms with Crippen molar-refractivity contribution < 1.29 is 4.79 Å². The summed E-state index contributed by atoms with van der Waals surface area (Å²) in [5, 5.41) is 0. The fourth-order valence-corrected chi connectivity index (χ4v) is 2.44. The van der Waals surface area contributed by atoms with Crippen LogP contribution in [0.1, 0.15) is 40.7 Å². The number of ketones is 1. The standard InChI is InChI=1S/C15H18O/c1-3-4-5-12-7-8-13-10-11(2)6-9-14(13)15(12)16/h3,6,9-10,12H,1,4-5,7-8H2,2H3. The molecular weight excluding hydrogens is 196 g/mol. The number of fused-ring (bicyclic) bond motifs is 1. The van der Waals surface area contributed by atoms with Crippen molar-refractivity contribution in [3.8, 4) is 0 Å². The second-order valence-corrected chi connectivity index (χ2v) is 4.63. The number of rotatable bonds is 3. The van der Waals surface area contributed by atoms with E-state index in [1.54, 1.807) is 0 Å². The first-order valence-corrected chi connectivity index (χ1v) is 5.97. The van der Waals surface area contributed by atoms with Crippen LogP contribution in [-0.4, -0.2) is 5.78 Å². The highest BCUT2D eigenvalue weighted by atomic mass is 16.1. The normalized spacial score (nSPS) is 19.3. The van der Waals surface area contributed by atoms with Gasteiger partial charge in [-0.2, -0.15) is 0 Å². The van der Waals surface area contributed by atoms with Gasteiger partial charge in [0.05, 0.1) is 0 Å². The van der Waals surface area contributed by atoms with Crippen LogP contribution in [0.5, 0.6) is 0 Å². The zero-order chi connectivity index (χ0) is 11.5. The highest BCUT2D eigenvalue weighted by molar-refractivity contribution is 6.00. The zero-order valence-corrected chi connectivity index (χ0v) is 9.83. The minimum Gasteiger partial charge on any atom is -0.294 e. The molecule has 1 atom stereocenters. The fourth-order valence-electron chi connectivity index (χ4n) is 2.44. The Bertz CT molecular complexity index is 417. The van der Waals surface area contributed by atoms with Gasteiger partial charge in [0.25, 0.3) is 0 Å². The smallest absolute Gasteiger partial charge is 0.166 e. The summed E-state index contributed by atoms with van der Waals surface area (Å²) in [7, 11) is 0. The monoisotopic (exact) mass is 214 g/mol. The van der Waals surface area contributed by atoms with Gasteiger partial charge in [-0.15, -0.1) is 6.58 Å². The highest BCUT2D eigenvalue weighted by Crippen LogP contribution is 2.29. The molecule has 0 N–H and O–H groups in total. The summed E-state index contributed by atoms with van der Waals surface area (Å²) in [5.41, 5.74) is 3.43. The van der Waals surface area contributed by atoms with Crippen LogP contribution >= 0.6 is 0 Å². The number of aryl methyl sites for hydroxylation is 2. The van der Waals surface area contributed by atoms with Crippen LogP contribution in [0.4, 0.5) is 0 Å². The van der Waals surface area contributed by atoms with Crippen molar-refractivity contribution in [3.63, 3.8) is 0 Å². The van der Waals surface area contributed by atoms with Gasteiger partial charge in [-0.1, -0.05) is 29.8 Å². The molecule has 0 radical (unpaired) electrons. The Labute approximate surface area is 97.2 Å². The van der Waals surface area contributed by atoms with E-state index in [4.69, 9.17) is 0 Å². The lowest BCUT2D eigenvalue weighted by Crippen LogP contribution is -2.22. The number of hydrogen-bond donors (Lipinski definition) is 0. The van der Waals surface area contributed by atoms with E-state index in [1.165, 1.54) is 11.1 Å². The van der Waals surface area contributed by atoms with Crippen molar-refractivity contribution in [1.82, 2.24) is 0 Å². The lowest BCUT2D eigenvalue weighted by molar-refractivity contribution is 0.0895. The molecule has 1 aromatic rings. The maximum Gasteiger partial charge on any atom is 0.166 e. The van der Waals surface area contributed by atoms with Crippen molar-refractivity contribution in [1.29, 1.82) is 0 Å². The predicted octanol–water partition coefficient (Wildman–Crippen LogP) is 3.71. The number of benzene rings is 1. The first-order chi connectivity index (χ1) is 7.72. The van der Waals surface area contributed by atoms with Gasteiger partial charge in [-0.3, -0.25) is 4.79 Å². The molecule has 0 saturated heterocycles. The molecule has 0 saturated carbocycles. The lowest BCUT2D eigenvalue weighted by atomic mass is 9.80. The molecular formula is C15H18O. The molecule has 1 aromatic carbocycles. The van der Waals surface area contributed by atoms with Crippen LogP contribution in [0, 0.1) is 12.8 Å². The van der Waals surface area contributed by atoms with E-state index >= 15 is 0 Å². The van der Waals surface area contributed by atoms with Gasteiger partial charge in [-0.25, -0.2) is 0 Å². The molecule has 0 amide bonds. The van der Waals surface area contributed by atoms with Crippen LogP contribution in [0.3, 0.4) is 0 Å². The Balaban J connectivity index is 2.22. The van der Waals surface area contributed by atoms with E-state index in [9.17, 15) is 4.79 Å². The van der Waals surface area contributed by atoms with E-state index in [0.29, 0.717) is 5.78 Å². The molecule has 0 bridgehead atoms. The number of carbonyl (C=O) groups is 1. The van der Waals surface area contributed by atoms with E-state index in [2.05, 4.69) is 19.6 Å². The topological polar surface area (TPSA) is 17.1 Å². The Morgan fingerprint density at radius 2 is 2.31 bits per heavy atom. The summed E-state index contributed by atoms with van der Waals surface area (Å²) < 4.78 is 0. The molecule has 0 aromatic heterocycles. The molecule has 1 nitrogen and oxygen atoms in total. The maximum absolute atomic E-state index is 12.2. The molecule has 1 heteroatoms. The average molecular weight is 214 g/mol. The minimum atomic E-state index is 0.216. The molecule has 0 spiro atoms. The van der Waals surface area contributed by atoms with E-state index in [0.717, 1.165) is 31.2 Å². The Morgan fingerprint density at radius 3 is 3.06 bits per heavy atom. The van der Waals surface area contributed by atoms with E-state index in [-0.39, 0.29) is 5.92 Å². The summed E-state index contributed by atoms with van der Waals surface area (Å²) in [6, 6.07) is 6.18. The van der Waals surface area contributed by atoms with Crippen LogP contribution in [0.15, 0.2) is 30.9 Å². The van der Waals surface area contributed by atoms with Gasteiger partial charge < -0.3 is 0 Å². The Morgan fingerprint density at radius 1 is 1.50 bits per heavy atom. The van der Waals surface area contributed by atoms with Crippen molar-refractivity contribution in [2.45, 2.75) is 32.6 Å². The second kappa shape index (κ2) is 4.65. The quantitative estimate of drug-likeness (QED) is 0.701. The number of Topliss-reactive ketones (excluding diaryl/α,β-unsaturated/α-hetero) is 1. The third-order valence-corrected chi connectivity index (χ3v) is 3.38. The average Bonchev–Trinajstić information content (AvgIpc) is 2.28. The van der Waals surface area contributed by atoms with Crippen molar-refractivity contribution in [3.05, 3.63) is 47.5 Å². The molecule has 1 unspecified atom stereocenters. The summed E-state index contributed by atoms with van der Waals surface area (Å²) in [6.07, 6.45) is 5.85. The summed E-state index contributed by atoms with van der Waals surface area (Å²) >= 11 is 0. The molecule has 1 aliphatic carbocycles. The summed E-state index contributed by atoms with van der Waals surface area (Å²) in [5.74, 6) is 0.552.